The number of hydrogen-bond acceptors (Lipinski definition) is 1. The molecule has 0 aromatic heterocycles. The normalized spacial score (nSPS) is 25.4. The van der Waals surface area contributed by atoms with Crippen molar-refractivity contribution in [2.75, 3.05) is 0 Å². The third kappa shape index (κ3) is 3.85. The largest absolute Gasteiger partial charge is 0.281 e. The van der Waals surface area contributed by atoms with E-state index in [9.17, 15) is 4.79 Å². The molecular weight excluding hydrogens is 244 g/mol. The molecule has 2 heteroatoms. The van der Waals surface area contributed by atoms with Crippen molar-refractivity contribution in [3.63, 3.8) is 0 Å². The topological polar surface area (TPSA) is 17.1 Å². The van der Waals surface area contributed by atoms with E-state index in [0.29, 0.717) is 17.8 Å². The second kappa shape index (κ2) is 5.77. The van der Waals surface area contributed by atoms with Crippen molar-refractivity contribution < 1.29 is 4.79 Å². The molecule has 0 bridgehead atoms. The van der Waals surface area contributed by atoms with Crippen LogP contribution >= 0.6 is 11.6 Å². The van der Waals surface area contributed by atoms with Gasteiger partial charge in [0.15, 0.2) is 0 Å². The molecule has 1 rings (SSSR count). The molecule has 0 aliphatic heterocycles. The van der Waals surface area contributed by atoms with Crippen molar-refractivity contribution in [3.8, 4) is 0 Å². The monoisotopic (exact) mass is 270 g/mol. The number of halogens is 1. The zero-order chi connectivity index (χ0) is 14.1. The van der Waals surface area contributed by atoms with E-state index in [1.165, 1.54) is 5.57 Å². The van der Waals surface area contributed by atoms with Crippen molar-refractivity contribution in [2.45, 2.75) is 54.4 Å². The molecule has 0 heterocycles. The Balaban J connectivity index is 2.80. The first-order chi connectivity index (χ1) is 8.16. The summed E-state index contributed by atoms with van der Waals surface area (Å²) in [4.78, 5) is 11.4. The molecule has 1 saturated carbocycles. The quantitative estimate of drug-likeness (QED) is 0.488. The number of hydrogen-bond donors (Lipinski definition) is 0. The fourth-order valence-electron chi connectivity index (χ4n) is 2.94. The van der Waals surface area contributed by atoms with E-state index in [4.69, 9.17) is 11.6 Å². The van der Waals surface area contributed by atoms with Crippen molar-refractivity contribution in [1.82, 2.24) is 0 Å². The molecule has 0 amide bonds. The van der Waals surface area contributed by atoms with Crippen LogP contribution in [-0.2, 0) is 4.79 Å². The Morgan fingerprint density at radius 2 is 1.61 bits per heavy atom. The van der Waals surface area contributed by atoms with Crippen LogP contribution in [-0.4, -0.2) is 5.24 Å². The second-order valence-corrected chi connectivity index (χ2v) is 7.52. The van der Waals surface area contributed by atoms with Crippen LogP contribution in [0.4, 0.5) is 0 Å². The van der Waals surface area contributed by atoms with Gasteiger partial charge in [0.1, 0.15) is 0 Å². The van der Waals surface area contributed by atoms with Crippen LogP contribution in [0, 0.1) is 29.1 Å². The number of carbonyl (C=O) groups is 1. The molecule has 0 aromatic rings. The maximum atomic E-state index is 11.4. The first-order valence-corrected chi connectivity index (χ1v) is 7.43. The summed E-state index contributed by atoms with van der Waals surface area (Å²) < 4.78 is 0. The van der Waals surface area contributed by atoms with E-state index in [1.807, 2.05) is 0 Å². The van der Waals surface area contributed by atoms with Crippen LogP contribution in [0.2, 0.25) is 0 Å². The van der Waals surface area contributed by atoms with Crippen LogP contribution in [0.3, 0.4) is 0 Å². The van der Waals surface area contributed by atoms with Gasteiger partial charge in [-0.3, -0.25) is 4.79 Å². The van der Waals surface area contributed by atoms with Gasteiger partial charge in [-0.25, -0.2) is 0 Å². The van der Waals surface area contributed by atoms with Crippen molar-refractivity contribution in [3.05, 3.63) is 11.6 Å². The zero-order valence-corrected chi connectivity index (χ0v) is 13.3. The van der Waals surface area contributed by atoms with Gasteiger partial charge in [0.05, 0.1) is 0 Å². The van der Waals surface area contributed by atoms with Gasteiger partial charge in [0, 0.05) is 5.92 Å². The Morgan fingerprint density at radius 3 is 1.89 bits per heavy atom. The van der Waals surface area contributed by atoms with Gasteiger partial charge in [0.25, 0.3) is 0 Å². The molecule has 18 heavy (non-hydrogen) atoms. The summed E-state index contributed by atoms with van der Waals surface area (Å²) in [5.74, 6) is 1.70. The Labute approximate surface area is 117 Å². The van der Waals surface area contributed by atoms with Gasteiger partial charge < -0.3 is 0 Å². The highest BCUT2D eigenvalue weighted by Gasteiger charge is 2.59. The summed E-state index contributed by atoms with van der Waals surface area (Å²) in [5, 5.41) is -0.172. The summed E-state index contributed by atoms with van der Waals surface area (Å²) >= 11 is 5.68. The smallest absolute Gasteiger partial charge is 0.225 e. The van der Waals surface area contributed by atoms with Gasteiger partial charge in [-0.2, -0.15) is 0 Å². The lowest BCUT2D eigenvalue weighted by molar-refractivity contribution is -0.113. The molecule has 0 unspecified atom stereocenters. The predicted molar refractivity (Wildman–Crippen MR) is 78.6 cm³/mol. The molecule has 1 aliphatic carbocycles. The van der Waals surface area contributed by atoms with Crippen molar-refractivity contribution in [1.29, 1.82) is 0 Å². The van der Waals surface area contributed by atoms with E-state index < -0.39 is 0 Å². The Kier molecular flexibility index (Phi) is 5.05. The Bertz CT molecular complexity index is 327. The first kappa shape index (κ1) is 15.8. The fourth-order valence-corrected chi connectivity index (χ4v) is 3.36. The third-order valence-corrected chi connectivity index (χ3v) is 4.15. The van der Waals surface area contributed by atoms with Crippen molar-refractivity contribution >= 4 is 16.8 Å². The van der Waals surface area contributed by atoms with E-state index in [2.05, 4.69) is 47.6 Å². The summed E-state index contributed by atoms with van der Waals surface area (Å²) in [5.41, 5.74) is 1.55. The number of rotatable bonds is 6. The lowest BCUT2D eigenvalue weighted by atomic mass is 9.93. The van der Waals surface area contributed by atoms with Gasteiger partial charge in [-0.05, 0) is 47.6 Å². The summed E-state index contributed by atoms with van der Waals surface area (Å²) in [6.45, 7) is 13.3. The average molecular weight is 271 g/mol. The van der Waals surface area contributed by atoms with Crippen LogP contribution in [0.15, 0.2) is 11.6 Å². The maximum absolute atomic E-state index is 11.4. The summed E-state index contributed by atoms with van der Waals surface area (Å²) in [6.07, 6.45) is 4.60. The van der Waals surface area contributed by atoms with Crippen LogP contribution in [0.5, 0.6) is 0 Å². The minimum Gasteiger partial charge on any atom is -0.281 e. The molecule has 0 aromatic carbocycles. The fraction of sp³-hybridized carbons (Fsp3) is 0.812. The average Bonchev–Trinajstić information content (AvgIpc) is 2.64. The Morgan fingerprint density at radius 1 is 1.17 bits per heavy atom. The van der Waals surface area contributed by atoms with Crippen LogP contribution < -0.4 is 0 Å². The molecule has 104 valence electrons. The van der Waals surface area contributed by atoms with Crippen LogP contribution in [0.1, 0.15) is 54.4 Å². The molecule has 0 radical (unpaired) electrons. The lowest BCUT2D eigenvalue weighted by Gasteiger charge is -2.13. The highest BCUT2D eigenvalue weighted by Crippen LogP contribution is 2.60. The zero-order valence-electron chi connectivity index (χ0n) is 12.6. The molecule has 1 aliphatic rings. The molecule has 2 atom stereocenters. The minimum atomic E-state index is -0.172. The summed E-state index contributed by atoms with van der Waals surface area (Å²) in [7, 11) is 0. The second-order valence-electron chi connectivity index (χ2n) is 7.15. The highest BCUT2D eigenvalue weighted by molar-refractivity contribution is 6.64. The van der Waals surface area contributed by atoms with Gasteiger partial charge in [-0.1, -0.05) is 53.2 Å². The maximum Gasteiger partial charge on any atom is 0.225 e. The van der Waals surface area contributed by atoms with Crippen LogP contribution in [0.25, 0.3) is 0 Å². The SMILES string of the molecule is CC(C)CC(=C[C@H]1[C@H](C(=O)Cl)C1(C)C)CC(C)C. The third-order valence-electron chi connectivity index (χ3n) is 3.91. The molecule has 0 saturated heterocycles. The molecule has 0 spiro atoms. The predicted octanol–water partition coefficient (Wildman–Crippen LogP) is 5.04. The summed E-state index contributed by atoms with van der Waals surface area (Å²) in [6, 6.07) is 0. The highest BCUT2D eigenvalue weighted by atomic mass is 35.5. The van der Waals surface area contributed by atoms with Crippen molar-refractivity contribution in [2.24, 2.45) is 29.1 Å². The van der Waals surface area contributed by atoms with E-state index in [0.717, 1.165) is 12.8 Å². The lowest BCUT2D eigenvalue weighted by Crippen LogP contribution is -1.98. The molecule has 1 fully saturated rings. The molecule has 1 nitrogen and oxygen atoms in total. The van der Waals surface area contributed by atoms with Gasteiger partial charge in [-0.15, -0.1) is 0 Å². The Hall–Kier alpha value is -0.300. The number of allylic oxidation sites excluding steroid dienone is 2. The standard InChI is InChI=1S/C16H27ClO/c1-10(2)7-12(8-11(3)4)9-13-14(15(17)18)16(13,5)6/h9-11,13-14H,7-8H2,1-6H3/t13-,14+/m0/s1. The van der Waals surface area contributed by atoms with E-state index in [1.54, 1.807) is 0 Å². The number of carbonyl (C=O) groups excluding carboxylic acids is 1. The van der Waals surface area contributed by atoms with Gasteiger partial charge in [0.2, 0.25) is 5.24 Å². The first-order valence-electron chi connectivity index (χ1n) is 7.05. The molecule has 0 N–H and O–H groups in total. The molecular formula is C16H27ClO. The van der Waals surface area contributed by atoms with E-state index >= 15 is 0 Å². The van der Waals surface area contributed by atoms with E-state index in [-0.39, 0.29) is 16.6 Å². The minimum absolute atomic E-state index is 0.0218. The van der Waals surface area contributed by atoms with Gasteiger partial charge >= 0.3 is 0 Å².